The van der Waals surface area contributed by atoms with Gasteiger partial charge in [0.1, 0.15) is 34.8 Å². The number of ether oxygens (including phenoxy) is 6. The molecule has 0 fully saturated rings. The van der Waals surface area contributed by atoms with Crippen molar-refractivity contribution in [3.8, 4) is 0 Å². The number of carbonyl (C=O) groups is 11. The highest BCUT2D eigenvalue weighted by Crippen LogP contribution is 2.18. The largest absolute Gasteiger partial charge is 0.469 e. The van der Waals surface area contributed by atoms with Crippen LogP contribution >= 0.6 is 0 Å². The van der Waals surface area contributed by atoms with Gasteiger partial charge in [0.2, 0.25) is 0 Å². The molecule has 1 aromatic rings. The number of alkyl carbamates (subject to hydrolysis) is 5. The average molecular weight is 1380 g/mol. The first kappa shape index (κ1) is 94.6. The second-order valence-corrected chi connectivity index (χ2v) is 30.4. The van der Waals surface area contributed by atoms with E-state index in [2.05, 4.69) is 65.9 Å². The molecule has 1 rings (SSSR count). The molecule has 0 aliphatic carbocycles. The van der Waals surface area contributed by atoms with Gasteiger partial charge in [0.05, 0.1) is 31.3 Å². The summed E-state index contributed by atoms with van der Waals surface area (Å²) >= 11 is 0. The van der Waals surface area contributed by atoms with Gasteiger partial charge < -0.3 is 59.8 Å². The summed E-state index contributed by atoms with van der Waals surface area (Å²) in [5.41, 5.74) is -1.50. The third-order valence-electron chi connectivity index (χ3n) is 13.8. The summed E-state index contributed by atoms with van der Waals surface area (Å²) < 4.78 is 30.6. The summed E-state index contributed by atoms with van der Waals surface area (Å²) in [6.45, 7) is 42.3. The molecule has 5 N–H and O–H groups in total. The number of carbonyl (C=O) groups excluding carboxylic acids is 11. The van der Waals surface area contributed by atoms with Crippen LogP contribution in [0, 0.1) is 23.7 Å². The normalized spacial score (nSPS) is 12.6. The average Bonchev–Trinajstić information content (AvgIpc) is 1.83. The van der Waals surface area contributed by atoms with Gasteiger partial charge >= 0.3 is 36.4 Å². The Bertz CT molecular complexity index is 2440. The fourth-order valence-electron chi connectivity index (χ4n) is 8.73. The lowest BCUT2D eigenvalue weighted by molar-refractivity contribution is -0.141. The van der Waals surface area contributed by atoms with Crippen LogP contribution in [0.3, 0.4) is 0 Å². The second kappa shape index (κ2) is 51.6. The van der Waals surface area contributed by atoms with Crippen LogP contribution in [0.1, 0.15) is 293 Å². The van der Waals surface area contributed by atoms with Crippen molar-refractivity contribution in [3.05, 3.63) is 35.9 Å². The molecular formula is C75H133N5O17. The van der Waals surface area contributed by atoms with Gasteiger partial charge in [-0.05, 0) is 183 Å². The first-order chi connectivity index (χ1) is 44.8. The van der Waals surface area contributed by atoms with Crippen molar-refractivity contribution in [2.45, 2.75) is 340 Å². The van der Waals surface area contributed by atoms with E-state index >= 15 is 0 Å². The predicted octanol–water partition coefficient (Wildman–Crippen LogP) is 16.3. The van der Waals surface area contributed by atoms with Crippen molar-refractivity contribution in [3.63, 3.8) is 0 Å². The molecule has 4 unspecified atom stereocenters. The molecule has 0 heterocycles. The number of benzene rings is 1. The van der Waals surface area contributed by atoms with E-state index in [4.69, 9.17) is 23.7 Å². The highest BCUT2D eigenvalue weighted by Gasteiger charge is 2.29. The number of Topliss-reactive ketones (excluding diaryl/α,β-unsaturated/α-hetero) is 5. The zero-order valence-electron chi connectivity index (χ0n) is 64.2. The maximum Gasteiger partial charge on any atom is 0.408 e. The quantitative estimate of drug-likeness (QED) is 0.0232. The van der Waals surface area contributed by atoms with Crippen LogP contribution < -0.4 is 26.6 Å². The van der Waals surface area contributed by atoms with Crippen LogP contribution in [-0.2, 0) is 63.8 Å². The Morgan fingerprint density at radius 1 is 0.381 bits per heavy atom. The third kappa shape index (κ3) is 61.5. The van der Waals surface area contributed by atoms with Crippen molar-refractivity contribution in [1.29, 1.82) is 0 Å². The van der Waals surface area contributed by atoms with Crippen LogP contribution in [0.2, 0.25) is 0 Å². The van der Waals surface area contributed by atoms with Crippen molar-refractivity contribution < 1.29 is 81.2 Å². The van der Waals surface area contributed by atoms with Crippen molar-refractivity contribution in [2.75, 3.05) is 13.7 Å². The fourth-order valence-corrected chi connectivity index (χ4v) is 8.73. The maximum absolute atomic E-state index is 12.7. The summed E-state index contributed by atoms with van der Waals surface area (Å²) in [5, 5.41) is 13.4. The van der Waals surface area contributed by atoms with E-state index in [9.17, 15) is 52.7 Å². The Balaban J connectivity index is -0.00000124. The number of rotatable bonds is 39. The number of amides is 5. The lowest BCUT2D eigenvalue weighted by Crippen LogP contribution is -2.43. The first-order valence-corrected chi connectivity index (χ1v) is 35.4. The van der Waals surface area contributed by atoms with Gasteiger partial charge in [0.25, 0.3) is 0 Å². The van der Waals surface area contributed by atoms with Gasteiger partial charge in [0.15, 0.2) is 23.1 Å². The number of ketones is 5. The molecule has 0 saturated heterocycles. The molecular weight excluding hydrogens is 1240 g/mol. The summed E-state index contributed by atoms with van der Waals surface area (Å²) in [7, 11) is 1.29. The number of unbranched alkanes of at least 4 members (excludes halogenated alkanes) is 3. The number of esters is 1. The molecule has 0 aliphatic heterocycles. The Hall–Kier alpha value is -6.61. The van der Waals surface area contributed by atoms with Gasteiger partial charge in [-0.25, -0.2) is 24.0 Å². The zero-order chi connectivity index (χ0) is 75.1. The van der Waals surface area contributed by atoms with Gasteiger partial charge in [-0.15, -0.1) is 0 Å². The third-order valence-corrected chi connectivity index (χ3v) is 13.8. The second-order valence-electron chi connectivity index (χ2n) is 30.4. The van der Waals surface area contributed by atoms with E-state index in [1.54, 1.807) is 62.3 Å². The van der Waals surface area contributed by atoms with E-state index in [0.717, 1.165) is 63.4 Å². The van der Waals surface area contributed by atoms with E-state index < -0.39 is 83.0 Å². The van der Waals surface area contributed by atoms with Gasteiger partial charge in [-0.2, -0.15) is 0 Å². The Morgan fingerprint density at radius 3 is 1.03 bits per heavy atom. The molecule has 22 nitrogen and oxygen atoms in total. The molecule has 0 aliphatic rings. The lowest BCUT2D eigenvalue weighted by Gasteiger charge is -2.23. The number of hydrogen-bond acceptors (Lipinski definition) is 17. The Morgan fingerprint density at radius 2 is 0.711 bits per heavy atom. The molecule has 560 valence electrons. The molecule has 0 radical (unpaired) electrons. The summed E-state index contributed by atoms with van der Waals surface area (Å²) in [5.74, 6) is 1.55. The van der Waals surface area contributed by atoms with E-state index in [1.165, 1.54) is 14.0 Å². The van der Waals surface area contributed by atoms with Crippen molar-refractivity contribution in [2.24, 2.45) is 23.7 Å². The number of nitrogens with one attached hydrogen (secondary N) is 5. The zero-order valence-corrected chi connectivity index (χ0v) is 64.2. The van der Waals surface area contributed by atoms with Gasteiger partial charge in [0, 0.05) is 45.1 Å². The molecule has 1 aromatic carbocycles. The monoisotopic (exact) mass is 1380 g/mol. The molecule has 0 spiro atoms. The van der Waals surface area contributed by atoms with Crippen molar-refractivity contribution >= 4 is 65.4 Å². The van der Waals surface area contributed by atoms with Crippen molar-refractivity contribution in [1.82, 2.24) is 26.6 Å². The van der Waals surface area contributed by atoms with Crippen LogP contribution in [-0.4, -0.2) is 126 Å². The minimum absolute atomic E-state index is 0.00245. The van der Waals surface area contributed by atoms with Crippen LogP contribution in [0.25, 0.3) is 0 Å². The van der Waals surface area contributed by atoms with Crippen LogP contribution in [0.15, 0.2) is 30.3 Å². The Labute approximate surface area is 584 Å². The maximum atomic E-state index is 12.7. The summed E-state index contributed by atoms with van der Waals surface area (Å²) in [6, 6.07) is 7.10. The molecule has 0 saturated carbocycles. The van der Waals surface area contributed by atoms with Gasteiger partial charge in [-0.1, -0.05) is 125 Å². The number of methoxy groups -OCH3 is 1. The predicted molar refractivity (Wildman–Crippen MR) is 382 cm³/mol. The Kier molecular flexibility index (Phi) is 50.3. The minimum atomic E-state index is -0.729. The van der Waals surface area contributed by atoms with Gasteiger partial charge in [-0.3, -0.25) is 24.0 Å². The SMILES string of the molecule is CC(=O)CCC(NC(=O)OC(C)(C)C)C(=O)CCC(C)C.CC(C)CCCC(=O)C(CCCCNC(=O)OCc1ccccc1)NC(=O)OC(C)(C)C.CCCCCC(NC(=O)OC(C)(C)C)C(=O)CCCC(C)C.COC(=O)CCC(NC(=O)OC(C)(C)C)C(=O)CCC(C)C. The summed E-state index contributed by atoms with van der Waals surface area (Å²) in [6.07, 6.45) is 10.7. The highest BCUT2D eigenvalue weighted by atomic mass is 16.6. The molecule has 0 bridgehead atoms. The lowest BCUT2D eigenvalue weighted by atomic mass is 9.98. The standard InChI is InChI=1S/C25H40N2O5.C18H35NO3.C16H29NO5.C16H29NO4/c1-19(2)12-11-16-22(28)21(27-24(30)32-25(3,4)5)15-9-10-17-26-23(29)31-18-20-13-7-6-8-14-20;1-7-8-9-12-15(16(20)13-10-11-14(2)3)19-17(21)22-18(4,5)6;1-11(2)7-9-13(18)12(8-10-14(19)21-6)17-15(20)22-16(3,4)5;1-11(2)7-10-14(19)13(9-8-12(3)18)17-15(20)21-16(4,5)6/h6-8,13-14,19,21H,9-12,15-18H2,1-5H3,(H,26,29)(H,27,30);14-15H,7-13H2,1-6H3,(H,19,21);11-12H,7-10H2,1-6H3,(H,17,20);11,13H,7-10H2,1-6H3,(H,17,20). The molecule has 97 heavy (non-hydrogen) atoms. The van der Waals surface area contributed by atoms with E-state index in [0.29, 0.717) is 88.0 Å². The molecule has 5 amide bonds. The minimum Gasteiger partial charge on any atom is -0.469 e. The molecule has 22 heteroatoms. The summed E-state index contributed by atoms with van der Waals surface area (Å²) in [4.78, 5) is 131. The first-order valence-electron chi connectivity index (χ1n) is 35.4. The van der Waals surface area contributed by atoms with E-state index in [-0.39, 0.29) is 54.8 Å². The van der Waals surface area contributed by atoms with Crippen LogP contribution in [0.5, 0.6) is 0 Å². The highest BCUT2D eigenvalue weighted by molar-refractivity contribution is 5.90. The molecule has 4 atom stereocenters. The van der Waals surface area contributed by atoms with E-state index in [1.807, 2.05) is 78.8 Å². The smallest absolute Gasteiger partial charge is 0.408 e. The molecule has 0 aromatic heterocycles. The number of hydrogen-bond donors (Lipinski definition) is 5. The van der Waals surface area contributed by atoms with Crippen LogP contribution in [0.4, 0.5) is 24.0 Å². The topological polar surface area (TPSA) is 303 Å². The fraction of sp³-hybridized carbons (Fsp3) is 0.773.